The third-order valence-corrected chi connectivity index (χ3v) is 13.9. The molecule has 0 N–H and O–H groups in total. The van der Waals surface area contributed by atoms with E-state index < -0.39 is 0 Å². The summed E-state index contributed by atoms with van der Waals surface area (Å²) in [4.78, 5) is 15.8. The second-order valence-electron chi connectivity index (χ2n) is 18.0. The number of hydrogen-bond acceptors (Lipinski definition) is 3. The summed E-state index contributed by atoms with van der Waals surface area (Å²) in [5.41, 5.74) is 13.9. The first-order chi connectivity index (χ1) is 34.7. The van der Waals surface area contributed by atoms with Crippen molar-refractivity contribution in [2.45, 2.75) is 0 Å². The smallest absolute Gasteiger partial charge is 0.164 e. The molecule has 0 aliphatic heterocycles. The Balaban J connectivity index is 0.945. The van der Waals surface area contributed by atoms with E-state index in [9.17, 15) is 0 Å². The molecule has 0 saturated heterocycles. The zero-order valence-electron chi connectivity index (χ0n) is 37.9. The standard InChI is InChI=1S/C65H41N5/c1-3-17-42(18-4-1)51-25-11-13-28-54(51)64-66-63(67-65(68-64)55-29-14-12-26-52(55)43-19-5-2-6-20-43)44-31-33-49(34-32-44)69-60-36-35-50(41-58(60)57-38-46-22-8-10-24-48(46)40-62(57)69)70-59-30-16-15-27-53(59)56-37-45-21-7-9-23-47(45)39-61(56)70/h1-41H. The third kappa shape index (κ3) is 6.51. The molecule has 0 amide bonds. The van der Waals surface area contributed by atoms with Crippen molar-refractivity contribution in [3.05, 3.63) is 249 Å². The summed E-state index contributed by atoms with van der Waals surface area (Å²) >= 11 is 0. The number of benzene rings is 11. The largest absolute Gasteiger partial charge is 0.309 e. The van der Waals surface area contributed by atoms with E-state index in [0.29, 0.717) is 17.5 Å². The normalized spacial score (nSPS) is 11.7. The molecule has 0 aliphatic rings. The van der Waals surface area contributed by atoms with Crippen molar-refractivity contribution in [1.29, 1.82) is 0 Å². The van der Waals surface area contributed by atoms with Crippen LogP contribution in [-0.2, 0) is 0 Å². The molecule has 0 radical (unpaired) electrons. The summed E-state index contributed by atoms with van der Waals surface area (Å²) in [6, 6.07) is 88.8. The first-order valence-corrected chi connectivity index (χ1v) is 23.8. The van der Waals surface area contributed by atoms with Gasteiger partial charge in [-0.15, -0.1) is 0 Å². The van der Waals surface area contributed by atoms with E-state index >= 15 is 0 Å². The predicted octanol–water partition coefficient (Wildman–Crippen LogP) is 16.7. The van der Waals surface area contributed by atoms with Crippen molar-refractivity contribution in [3.63, 3.8) is 0 Å². The molecule has 0 atom stereocenters. The summed E-state index contributed by atoms with van der Waals surface area (Å²) < 4.78 is 4.84. The molecule has 14 aromatic rings. The van der Waals surface area contributed by atoms with E-state index in [1.54, 1.807) is 0 Å². The number of fused-ring (bicyclic) bond motifs is 8. The fourth-order valence-electron chi connectivity index (χ4n) is 10.6. The molecular weight excluding hydrogens is 851 g/mol. The van der Waals surface area contributed by atoms with E-state index in [-0.39, 0.29) is 0 Å². The molecule has 5 nitrogen and oxygen atoms in total. The van der Waals surface area contributed by atoms with Crippen molar-refractivity contribution in [2.24, 2.45) is 0 Å². The second kappa shape index (κ2) is 16.1. The predicted molar refractivity (Wildman–Crippen MR) is 291 cm³/mol. The molecule has 0 fully saturated rings. The van der Waals surface area contributed by atoms with Gasteiger partial charge in [-0.1, -0.05) is 176 Å². The minimum Gasteiger partial charge on any atom is -0.309 e. The van der Waals surface area contributed by atoms with Gasteiger partial charge in [-0.3, -0.25) is 0 Å². The molecule has 0 aliphatic carbocycles. The molecule has 5 heteroatoms. The maximum absolute atomic E-state index is 5.28. The maximum atomic E-state index is 5.28. The molecule has 11 aromatic carbocycles. The summed E-state index contributed by atoms with van der Waals surface area (Å²) in [7, 11) is 0. The van der Waals surface area contributed by atoms with E-state index in [4.69, 9.17) is 15.0 Å². The lowest BCUT2D eigenvalue weighted by Crippen LogP contribution is -2.02. The maximum Gasteiger partial charge on any atom is 0.164 e. The van der Waals surface area contributed by atoms with Gasteiger partial charge in [-0.2, -0.15) is 0 Å². The summed E-state index contributed by atoms with van der Waals surface area (Å²) in [6.45, 7) is 0. The topological polar surface area (TPSA) is 48.5 Å². The molecule has 0 spiro atoms. The Morgan fingerprint density at radius 2 is 0.629 bits per heavy atom. The Kier molecular flexibility index (Phi) is 9.14. The fraction of sp³-hybridized carbons (Fsp3) is 0. The lowest BCUT2D eigenvalue weighted by atomic mass is 9.98. The zero-order valence-corrected chi connectivity index (χ0v) is 37.9. The lowest BCUT2D eigenvalue weighted by molar-refractivity contribution is 1.07. The van der Waals surface area contributed by atoms with Gasteiger partial charge in [0.25, 0.3) is 0 Å². The van der Waals surface area contributed by atoms with Gasteiger partial charge in [0.15, 0.2) is 17.5 Å². The van der Waals surface area contributed by atoms with Crippen LogP contribution in [0.5, 0.6) is 0 Å². The number of rotatable bonds is 7. The van der Waals surface area contributed by atoms with Crippen molar-refractivity contribution >= 4 is 65.2 Å². The average molecular weight is 892 g/mol. The molecule has 3 heterocycles. The highest BCUT2D eigenvalue weighted by Crippen LogP contribution is 2.41. The second-order valence-corrected chi connectivity index (χ2v) is 18.0. The molecule has 0 saturated carbocycles. The molecule has 70 heavy (non-hydrogen) atoms. The van der Waals surface area contributed by atoms with Gasteiger partial charge < -0.3 is 9.13 Å². The Morgan fingerprint density at radius 3 is 1.20 bits per heavy atom. The number of hydrogen-bond donors (Lipinski definition) is 0. The Bertz CT molecular complexity index is 4240. The molecule has 14 rings (SSSR count). The van der Waals surface area contributed by atoms with E-state index in [1.807, 2.05) is 12.1 Å². The lowest BCUT2D eigenvalue weighted by Gasteiger charge is -2.14. The molecule has 3 aromatic heterocycles. The minimum atomic E-state index is 0.606. The van der Waals surface area contributed by atoms with Gasteiger partial charge in [0, 0.05) is 49.6 Å². The van der Waals surface area contributed by atoms with E-state index in [2.05, 4.69) is 246 Å². The van der Waals surface area contributed by atoms with Gasteiger partial charge in [0.05, 0.1) is 22.1 Å². The summed E-state index contributed by atoms with van der Waals surface area (Å²) in [5.74, 6) is 1.84. The monoisotopic (exact) mass is 891 g/mol. The number of para-hydroxylation sites is 1. The van der Waals surface area contributed by atoms with Crippen LogP contribution < -0.4 is 0 Å². The SMILES string of the molecule is c1ccc(-c2ccccc2-c2nc(-c3ccc(-n4c5ccc(-n6c7ccccc7c7cc8ccccc8cc76)cc5c5cc6ccccc6cc54)cc3)nc(-c3ccccc3-c3ccccc3)n2)cc1. The summed E-state index contributed by atoms with van der Waals surface area (Å²) in [5, 5.41) is 9.76. The molecule has 0 bridgehead atoms. The van der Waals surface area contributed by atoms with Crippen LogP contribution in [0.4, 0.5) is 0 Å². The quantitative estimate of drug-likeness (QED) is 0.160. The van der Waals surface area contributed by atoms with Gasteiger partial charge in [-0.05, 0) is 117 Å². The van der Waals surface area contributed by atoms with Crippen LogP contribution in [-0.4, -0.2) is 24.1 Å². The van der Waals surface area contributed by atoms with Crippen molar-refractivity contribution in [2.75, 3.05) is 0 Å². The van der Waals surface area contributed by atoms with E-state index in [1.165, 1.54) is 54.1 Å². The van der Waals surface area contributed by atoms with Crippen LogP contribution in [0.25, 0.3) is 133 Å². The molecule has 0 unspecified atom stereocenters. The van der Waals surface area contributed by atoms with Crippen LogP contribution >= 0.6 is 0 Å². The zero-order chi connectivity index (χ0) is 46.1. The molecule has 326 valence electrons. The fourth-order valence-corrected chi connectivity index (χ4v) is 10.6. The third-order valence-electron chi connectivity index (χ3n) is 13.9. The minimum absolute atomic E-state index is 0.606. The average Bonchev–Trinajstić information content (AvgIpc) is 3.93. The van der Waals surface area contributed by atoms with E-state index in [0.717, 1.165) is 61.4 Å². The van der Waals surface area contributed by atoms with Crippen LogP contribution in [0.15, 0.2) is 249 Å². The van der Waals surface area contributed by atoms with Gasteiger partial charge in [0.2, 0.25) is 0 Å². The Morgan fingerprint density at radius 1 is 0.229 bits per heavy atom. The van der Waals surface area contributed by atoms with Crippen LogP contribution in [0.3, 0.4) is 0 Å². The summed E-state index contributed by atoms with van der Waals surface area (Å²) in [6.07, 6.45) is 0. The van der Waals surface area contributed by atoms with Crippen molar-refractivity contribution in [1.82, 2.24) is 24.1 Å². The van der Waals surface area contributed by atoms with Crippen molar-refractivity contribution < 1.29 is 0 Å². The first kappa shape index (κ1) is 39.7. The molecular formula is C65H41N5. The van der Waals surface area contributed by atoms with Gasteiger partial charge >= 0.3 is 0 Å². The van der Waals surface area contributed by atoms with Gasteiger partial charge in [-0.25, -0.2) is 15.0 Å². The highest BCUT2D eigenvalue weighted by Gasteiger charge is 2.21. The number of aromatic nitrogens is 5. The Hall–Kier alpha value is -9.45. The van der Waals surface area contributed by atoms with Crippen LogP contribution in [0.2, 0.25) is 0 Å². The van der Waals surface area contributed by atoms with Gasteiger partial charge in [0.1, 0.15) is 0 Å². The highest BCUT2D eigenvalue weighted by molar-refractivity contribution is 6.16. The number of nitrogens with zero attached hydrogens (tertiary/aromatic N) is 5. The first-order valence-electron chi connectivity index (χ1n) is 23.8. The van der Waals surface area contributed by atoms with Crippen LogP contribution in [0.1, 0.15) is 0 Å². The van der Waals surface area contributed by atoms with Crippen molar-refractivity contribution in [3.8, 4) is 67.8 Å². The highest BCUT2D eigenvalue weighted by atomic mass is 15.0. The Labute approximate surface area is 403 Å². The van der Waals surface area contributed by atoms with Crippen LogP contribution in [0, 0.1) is 0 Å².